The maximum absolute atomic E-state index is 7.78. The van der Waals surface area contributed by atoms with Crippen molar-refractivity contribution in [3.63, 3.8) is 0 Å². The Morgan fingerprint density at radius 2 is 0.339 bits per heavy atom. The van der Waals surface area contributed by atoms with Crippen LogP contribution in [0.2, 0.25) is 145 Å². The molecule has 0 fully saturated rings. The van der Waals surface area contributed by atoms with Gasteiger partial charge in [-0.25, -0.2) is 9.97 Å². The number of hydrogen-bond donors (Lipinski definition) is 2. The van der Waals surface area contributed by atoms with Gasteiger partial charge in [-0.3, -0.25) is 0 Å². The number of H-pyrrole nitrogens is 2. The van der Waals surface area contributed by atoms with E-state index in [-0.39, 0.29) is 40.3 Å². The standard InChI is InChI=1S/C92H142N4O8Si8/c1-85(2,3)105(25,26)97-69-45-41-46-70(98-106(27,28)86(4,5)6)81(69)77-61-53-55-63(93-61)78(82-71(99-107(29,30)87(7,8)9)47-42-48-72(82)100-108(31,32)88(10,11)12)65-57-59-67(95-65)80(84-75(103-111(37,38)91(19,20)21)51-44-52-76(84)104-112(39,40)92(22,23)24)68-60-58-66(96-68)79(64-56-54-62(77)94-64)83-73(101-109(33,34)89(13,14)15)49-43-50-74(83)102-110(35,36)90(16,17)18/h41-60,93-94H,1-40H3. The van der Waals surface area contributed by atoms with Gasteiger partial charge in [-0.1, -0.05) is 190 Å². The lowest BCUT2D eigenvalue weighted by Crippen LogP contribution is -2.44. The van der Waals surface area contributed by atoms with E-state index < -0.39 is 66.5 Å². The van der Waals surface area contributed by atoms with Crippen LogP contribution >= 0.6 is 0 Å². The highest BCUT2D eigenvalue weighted by Crippen LogP contribution is 2.56. The van der Waals surface area contributed by atoms with E-state index in [9.17, 15) is 0 Å². The first-order chi connectivity index (χ1) is 50.6. The van der Waals surface area contributed by atoms with Gasteiger partial charge in [-0.05, 0) is 242 Å². The Labute approximate surface area is 684 Å². The van der Waals surface area contributed by atoms with E-state index in [2.05, 4.69) is 402 Å². The Bertz CT molecular complexity index is 4550. The number of hydrogen-bond acceptors (Lipinski definition) is 10. The molecule has 2 aliphatic heterocycles. The average molecular weight is 1660 g/mol. The molecule has 610 valence electrons. The molecular formula is C92H142N4O8Si8. The Kier molecular flexibility index (Phi) is 24.0. The van der Waals surface area contributed by atoms with Gasteiger partial charge in [0.1, 0.15) is 46.0 Å². The average Bonchev–Trinajstić information content (AvgIpc) is 1.55. The summed E-state index contributed by atoms with van der Waals surface area (Å²) in [4.78, 5) is 20.8. The molecule has 0 atom stereocenters. The number of aromatic nitrogens is 4. The summed E-state index contributed by atoms with van der Waals surface area (Å²) in [6.45, 7) is 92.5. The second-order valence-corrected chi connectivity index (χ2v) is 81.7. The molecule has 112 heavy (non-hydrogen) atoms. The summed E-state index contributed by atoms with van der Waals surface area (Å²) in [5.74, 6) is 5.83. The third kappa shape index (κ3) is 18.1. The summed E-state index contributed by atoms with van der Waals surface area (Å²) in [7, 11) is -21.1. The summed E-state index contributed by atoms with van der Waals surface area (Å²) in [6.07, 6.45) is 8.72. The van der Waals surface area contributed by atoms with Crippen molar-refractivity contribution in [3.8, 4) is 90.5 Å². The van der Waals surface area contributed by atoms with Gasteiger partial charge in [0.2, 0.25) is 0 Å². The molecule has 0 unspecified atom stereocenters. The van der Waals surface area contributed by atoms with Crippen LogP contribution in [-0.4, -0.2) is 86.5 Å². The highest BCUT2D eigenvalue weighted by Gasteiger charge is 2.48. The second-order valence-electron chi connectivity index (χ2n) is 43.9. The normalized spacial score (nSPS) is 14.4. The molecule has 0 radical (unpaired) electrons. The maximum Gasteiger partial charge on any atom is 0.250 e. The van der Waals surface area contributed by atoms with Crippen molar-refractivity contribution in [1.82, 2.24) is 19.9 Å². The lowest BCUT2D eigenvalue weighted by Gasteiger charge is -2.39. The number of benzene rings is 4. The SMILES string of the molecule is CC(C)(C)[Si](C)(C)Oc1cccc(O[Si](C)(C)C(C)(C)C)c1-c1c2nc(c(-c3c(O[Si](C)(C)C(C)(C)C)cccc3O[Si](C)(C)C(C)(C)C)c3ccc([nH]3)c(-c3c(O[Si](C)(C)C(C)(C)C)cccc3O[Si](C)(C)C(C)(C)C)c3ccc([nH]3)c(-c3c(O[Si](C)(C)C(C)(C)C)cccc3O[Si](C)(C)C(C)(C)C)c3nc1C=C3)C=C2. The second kappa shape index (κ2) is 30.0. The Morgan fingerprint density at radius 1 is 0.196 bits per heavy atom. The van der Waals surface area contributed by atoms with Gasteiger partial charge in [0.15, 0.2) is 0 Å². The molecular weight excluding hydrogens is 1510 g/mol. The van der Waals surface area contributed by atoms with Crippen LogP contribution in [0.25, 0.3) is 90.9 Å². The molecule has 20 heteroatoms. The molecule has 4 aromatic carbocycles. The minimum atomic E-state index is -2.64. The van der Waals surface area contributed by atoms with Crippen molar-refractivity contribution < 1.29 is 35.4 Å². The van der Waals surface area contributed by atoms with Crippen LogP contribution in [0.1, 0.15) is 189 Å². The molecule has 0 saturated carbocycles. The zero-order chi connectivity index (χ0) is 84.5. The van der Waals surface area contributed by atoms with E-state index >= 15 is 0 Å². The predicted octanol–water partition coefficient (Wildman–Crippen LogP) is 30.4. The van der Waals surface area contributed by atoms with Gasteiger partial charge >= 0.3 is 0 Å². The quantitative estimate of drug-likeness (QED) is 0.0711. The molecule has 0 spiro atoms. The fourth-order valence-electron chi connectivity index (χ4n) is 11.4. The van der Waals surface area contributed by atoms with Crippen molar-refractivity contribution >= 4 is 113 Å². The van der Waals surface area contributed by atoms with Crippen LogP contribution in [-0.2, 0) is 0 Å². The van der Waals surface area contributed by atoms with Crippen molar-refractivity contribution in [2.75, 3.05) is 0 Å². The molecule has 5 heterocycles. The number of rotatable bonds is 20. The summed E-state index contributed by atoms with van der Waals surface area (Å²) >= 11 is 0. The van der Waals surface area contributed by atoms with Crippen molar-refractivity contribution in [1.29, 1.82) is 0 Å². The largest absolute Gasteiger partial charge is 0.543 e. The molecule has 0 saturated heterocycles. The summed E-state index contributed by atoms with van der Waals surface area (Å²) in [5.41, 5.74) is 12.5. The highest BCUT2D eigenvalue weighted by atomic mass is 28.4. The van der Waals surface area contributed by atoms with Gasteiger partial charge in [0.05, 0.1) is 45.0 Å². The fourth-order valence-corrected chi connectivity index (χ4v) is 19.6. The first-order valence-electron chi connectivity index (χ1n) is 40.8. The smallest absolute Gasteiger partial charge is 0.250 e. The van der Waals surface area contributed by atoms with E-state index in [0.29, 0.717) is 34.3 Å². The summed E-state index contributed by atoms with van der Waals surface area (Å²) < 4.78 is 62.2. The zero-order valence-electron chi connectivity index (χ0n) is 76.7. The maximum atomic E-state index is 7.78. The van der Waals surface area contributed by atoms with E-state index in [1.165, 1.54) is 0 Å². The lowest BCUT2D eigenvalue weighted by molar-refractivity contribution is 0.477. The van der Waals surface area contributed by atoms with Crippen molar-refractivity contribution in [2.24, 2.45) is 0 Å². The molecule has 0 aliphatic carbocycles. The van der Waals surface area contributed by atoms with E-state index in [0.717, 1.165) is 101 Å². The van der Waals surface area contributed by atoms with Gasteiger partial charge in [0, 0.05) is 44.3 Å². The van der Waals surface area contributed by atoms with Crippen molar-refractivity contribution in [3.05, 3.63) is 120 Å². The number of fused-ring (bicyclic) bond motifs is 8. The Hall–Kier alpha value is -6.38. The van der Waals surface area contributed by atoms with Gasteiger partial charge in [-0.15, -0.1) is 0 Å². The number of aromatic amines is 2. The molecule has 0 amide bonds. The minimum absolute atomic E-state index is 0.167. The minimum Gasteiger partial charge on any atom is -0.543 e. The van der Waals surface area contributed by atoms with E-state index in [4.69, 9.17) is 45.4 Å². The summed E-state index contributed by atoms with van der Waals surface area (Å²) in [6, 6.07) is 34.5. The van der Waals surface area contributed by atoms with E-state index in [1.807, 2.05) is 0 Å². The Balaban J connectivity index is 1.69. The van der Waals surface area contributed by atoms with Crippen molar-refractivity contribution in [2.45, 2.75) is 311 Å². The first kappa shape index (κ1) is 89.5. The van der Waals surface area contributed by atoms with Gasteiger partial charge in [-0.2, -0.15) is 0 Å². The first-order valence-corrected chi connectivity index (χ1v) is 64.0. The fraction of sp³-hybridized carbons (Fsp3) is 0.522. The molecule has 3 aromatic heterocycles. The Morgan fingerprint density at radius 3 is 0.509 bits per heavy atom. The van der Waals surface area contributed by atoms with Crippen LogP contribution in [0.15, 0.2) is 97.1 Å². The van der Waals surface area contributed by atoms with Crippen LogP contribution < -0.4 is 35.4 Å². The van der Waals surface area contributed by atoms with Crippen LogP contribution in [0.3, 0.4) is 0 Å². The topological polar surface area (TPSA) is 131 Å². The molecule has 7 aromatic rings. The molecule has 9 rings (SSSR count). The number of nitrogens with one attached hydrogen (secondary N) is 2. The predicted molar refractivity (Wildman–Crippen MR) is 503 cm³/mol. The number of nitrogens with zero attached hydrogens (tertiary/aromatic N) is 2. The third-order valence-electron chi connectivity index (χ3n) is 27.1. The zero-order valence-corrected chi connectivity index (χ0v) is 84.7. The molecule has 2 N–H and O–H groups in total. The van der Waals surface area contributed by atoms with Gasteiger partial charge in [0.25, 0.3) is 66.5 Å². The highest BCUT2D eigenvalue weighted by molar-refractivity contribution is 6.78. The van der Waals surface area contributed by atoms with Crippen LogP contribution in [0.5, 0.6) is 46.0 Å². The third-order valence-corrected chi connectivity index (χ3v) is 61.8. The monoisotopic (exact) mass is 1650 g/mol. The van der Waals surface area contributed by atoms with Gasteiger partial charge < -0.3 is 45.4 Å². The van der Waals surface area contributed by atoms with Crippen LogP contribution in [0.4, 0.5) is 0 Å². The lowest BCUT2D eigenvalue weighted by atomic mass is 10.00. The molecule has 8 bridgehead atoms. The molecule has 2 aliphatic rings. The molecule has 12 nitrogen and oxygen atoms in total. The van der Waals surface area contributed by atoms with E-state index in [1.54, 1.807) is 0 Å². The summed E-state index contributed by atoms with van der Waals surface area (Å²) in [5, 5.41) is -1.37. The van der Waals surface area contributed by atoms with Crippen LogP contribution in [0, 0.1) is 0 Å².